The number of nitrogens with one attached hydrogen (secondary N) is 2. The Labute approximate surface area is 127 Å². The van der Waals surface area contributed by atoms with Crippen molar-refractivity contribution in [2.75, 3.05) is 12.1 Å². The van der Waals surface area contributed by atoms with Crippen LogP contribution in [0.1, 0.15) is 11.8 Å². The first-order chi connectivity index (χ1) is 9.62. The molecule has 1 aromatic carbocycles. The highest BCUT2D eigenvalue weighted by Crippen LogP contribution is 2.29. The molecule has 2 heterocycles. The molecule has 1 atom stereocenters. The van der Waals surface area contributed by atoms with Gasteiger partial charge in [-0.3, -0.25) is 0 Å². The number of thiocarbonyl (C=S) groups is 1. The molecule has 0 unspecified atom stereocenters. The molecule has 0 spiro atoms. The Morgan fingerprint density at radius 2 is 2.00 bits per heavy atom. The predicted octanol–water partition coefficient (Wildman–Crippen LogP) is 2.83. The third-order valence-electron chi connectivity index (χ3n) is 3.24. The van der Waals surface area contributed by atoms with Crippen molar-refractivity contribution in [1.29, 1.82) is 0 Å². The topological polar surface area (TPSA) is 36.5 Å². The fourth-order valence-electron chi connectivity index (χ4n) is 2.16. The minimum atomic E-state index is -0.370. The molecule has 20 heavy (non-hydrogen) atoms. The number of hydrogen-bond donors (Lipinski definition) is 2. The van der Waals surface area contributed by atoms with E-state index in [9.17, 15) is 0 Å². The lowest BCUT2D eigenvalue weighted by atomic mass is 10.2. The van der Waals surface area contributed by atoms with Crippen LogP contribution in [0.25, 0.3) is 0 Å². The van der Waals surface area contributed by atoms with Gasteiger partial charge in [-0.2, -0.15) is 5.43 Å². The number of rotatable bonds is 3. The molecule has 0 amide bonds. The van der Waals surface area contributed by atoms with Crippen molar-refractivity contribution in [3.8, 4) is 5.75 Å². The summed E-state index contributed by atoms with van der Waals surface area (Å²) in [5.41, 5.74) is 4.03. The number of thiophene rings is 1. The lowest BCUT2D eigenvalue weighted by Gasteiger charge is -2.24. The standard InChI is InChI=1S/C14H15N3OS2/c1-14(12-4-3-9-20-12)15-13(19)17(16-14)10-5-7-11(18-2)8-6-10/h3-9,16H,1-2H3,(H,15,19)/t14-/m1/s1. The molecule has 1 aliphatic heterocycles. The fraction of sp³-hybridized carbons (Fsp3) is 0.214. The van der Waals surface area contributed by atoms with Crippen LogP contribution in [0.15, 0.2) is 41.8 Å². The molecule has 0 bridgehead atoms. The van der Waals surface area contributed by atoms with E-state index in [0.29, 0.717) is 5.11 Å². The predicted molar refractivity (Wildman–Crippen MR) is 86.0 cm³/mol. The largest absolute Gasteiger partial charge is 0.497 e. The van der Waals surface area contributed by atoms with Gasteiger partial charge in [0.25, 0.3) is 0 Å². The summed E-state index contributed by atoms with van der Waals surface area (Å²) in [5.74, 6) is 0.827. The Hall–Kier alpha value is -1.63. The summed E-state index contributed by atoms with van der Waals surface area (Å²) in [7, 11) is 1.66. The Kier molecular flexibility index (Phi) is 3.37. The highest BCUT2D eigenvalue weighted by molar-refractivity contribution is 7.80. The SMILES string of the molecule is COc1ccc(N2N[C@](C)(c3cccs3)NC2=S)cc1. The van der Waals surface area contributed by atoms with Crippen LogP contribution in [-0.2, 0) is 5.66 Å². The van der Waals surface area contributed by atoms with E-state index in [-0.39, 0.29) is 5.66 Å². The molecule has 1 fully saturated rings. The molecule has 104 valence electrons. The van der Waals surface area contributed by atoms with Crippen molar-refractivity contribution in [3.05, 3.63) is 46.7 Å². The number of nitrogens with zero attached hydrogens (tertiary/aromatic N) is 1. The first-order valence-electron chi connectivity index (χ1n) is 6.20. The lowest BCUT2D eigenvalue weighted by molar-refractivity contribution is 0.397. The van der Waals surface area contributed by atoms with Gasteiger partial charge in [-0.15, -0.1) is 11.3 Å². The van der Waals surface area contributed by atoms with Crippen LogP contribution in [0.4, 0.5) is 5.69 Å². The van der Waals surface area contributed by atoms with Crippen molar-refractivity contribution < 1.29 is 4.74 Å². The molecule has 0 radical (unpaired) electrons. The van der Waals surface area contributed by atoms with E-state index in [1.807, 2.05) is 35.3 Å². The van der Waals surface area contributed by atoms with Gasteiger partial charge in [-0.1, -0.05) is 6.07 Å². The van der Waals surface area contributed by atoms with Crippen molar-refractivity contribution in [2.45, 2.75) is 12.6 Å². The van der Waals surface area contributed by atoms with Crippen molar-refractivity contribution >= 4 is 34.4 Å². The summed E-state index contributed by atoms with van der Waals surface area (Å²) in [6.45, 7) is 2.08. The molecular weight excluding hydrogens is 290 g/mol. The maximum Gasteiger partial charge on any atom is 0.190 e. The quantitative estimate of drug-likeness (QED) is 0.853. The minimum Gasteiger partial charge on any atom is -0.497 e. The maximum atomic E-state index is 5.43. The van der Waals surface area contributed by atoms with Gasteiger partial charge in [0.05, 0.1) is 12.8 Å². The van der Waals surface area contributed by atoms with Crippen LogP contribution in [0.5, 0.6) is 5.75 Å². The maximum absolute atomic E-state index is 5.43. The number of methoxy groups -OCH3 is 1. The summed E-state index contributed by atoms with van der Waals surface area (Å²) < 4.78 is 5.17. The molecule has 2 aromatic rings. The molecule has 6 heteroatoms. The van der Waals surface area contributed by atoms with Crippen LogP contribution < -0.4 is 20.5 Å². The van der Waals surface area contributed by atoms with E-state index in [2.05, 4.69) is 29.1 Å². The summed E-state index contributed by atoms with van der Waals surface area (Å²) in [6, 6.07) is 11.9. The van der Waals surface area contributed by atoms with Gasteiger partial charge in [0, 0.05) is 4.88 Å². The van der Waals surface area contributed by atoms with Crippen molar-refractivity contribution in [2.24, 2.45) is 0 Å². The Morgan fingerprint density at radius 3 is 2.60 bits per heavy atom. The van der Waals surface area contributed by atoms with Gasteiger partial charge >= 0.3 is 0 Å². The van der Waals surface area contributed by atoms with Gasteiger partial charge in [-0.05, 0) is 54.9 Å². The van der Waals surface area contributed by atoms with E-state index in [1.54, 1.807) is 18.4 Å². The first-order valence-corrected chi connectivity index (χ1v) is 7.49. The van der Waals surface area contributed by atoms with Crippen LogP contribution in [-0.4, -0.2) is 12.2 Å². The second-order valence-corrected chi connectivity index (χ2v) is 6.01. The van der Waals surface area contributed by atoms with Crippen LogP contribution >= 0.6 is 23.6 Å². The average Bonchev–Trinajstić information content (AvgIpc) is 3.08. The zero-order valence-electron chi connectivity index (χ0n) is 11.2. The van der Waals surface area contributed by atoms with Crippen LogP contribution in [0, 0.1) is 0 Å². The first kappa shape index (κ1) is 13.4. The van der Waals surface area contributed by atoms with Gasteiger partial charge in [0.15, 0.2) is 5.11 Å². The molecule has 2 N–H and O–H groups in total. The van der Waals surface area contributed by atoms with Crippen molar-refractivity contribution in [3.63, 3.8) is 0 Å². The highest BCUT2D eigenvalue weighted by Gasteiger charge is 2.38. The lowest BCUT2D eigenvalue weighted by Crippen LogP contribution is -2.45. The highest BCUT2D eigenvalue weighted by atomic mass is 32.1. The number of hydrogen-bond acceptors (Lipinski definition) is 4. The van der Waals surface area contributed by atoms with E-state index in [4.69, 9.17) is 17.0 Å². The van der Waals surface area contributed by atoms with Crippen molar-refractivity contribution in [1.82, 2.24) is 10.7 Å². The van der Waals surface area contributed by atoms with Gasteiger partial charge in [-0.25, -0.2) is 5.01 Å². The molecule has 0 saturated carbocycles. The number of anilines is 1. The monoisotopic (exact) mass is 305 g/mol. The second kappa shape index (κ2) is 5.05. The normalized spacial score (nSPS) is 21.9. The minimum absolute atomic E-state index is 0.370. The third-order valence-corrected chi connectivity index (χ3v) is 4.62. The average molecular weight is 305 g/mol. The van der Waals surface area contributed by atoms with Gasteiger partial charge < -0.3 is 10.1 Å². The number of benzene rings is 1. The molecule has 1 saturated heterocycles. The fourth-order valence-corrected chi connectivity index (χ4v) is 3.31. The Morgan fingerprint density at radius 1 is 1.25 bits per heavy atom. The molecule has 0 aliphatic carbocycles. The van der Waals surface area contributed by atoms with E-state index < -0.39 is 0 Å². The summed E-state index contributed by atoms with van der Waals surface area (Å²) in [5, 5.41) is 7.94. The molecule has 4 nitrogen and oxygen atoms in total. The summed E-state index contributed by atoms with van der Waals surface area (Å²) in [6.07, 6.45) is 0. The molecule has 1 aromatic heterocycles. The molecule has 3 rings (SSSR count). The Balaban J connectivity index is 1.86. The third kappa shape index (κ3) is 2.26. The van der Waals surface area contributed by atoms with Gasteiger partial charge in [0.1, 0.15) is 11.4 Å². The second-order valence-electron chi connectivity index (χ2n) is 4.68. The van der Waals surface area contributed by atoms with E-state index in [1.165, 1.54) is 4.88 Å². The Bertz CT molecular complexity index is 612. The van der Waals surface area contributed by atoms with E-state index >= 15 is 0 Å². The van der Waals surface area contributed by atoms with E-state index in [0.717, 1.165) is 11.4 Å². The molecule has 1 aliphatic rings. The van der Waals surface area contributed by atoms with Crippen LogP contribution in [0.2, 0.25) is 0 Å². The zero-order valence-corrected chi connectivity index (χ0v) is 12.8. The number of hydrazine groups is 1. The van der Waals surface area contributed by atoms with Gasteiger partial charge in [0.2, 0.25) is 0 Å². The summed E-state index contributed by atoms with van der Waals surface area (Å²) in [4.78, 5) is 1.19. The molecular formula is C14H15N3OS2. The zero-order chi connectivity index (χ0) is 14.2. The van der Waals surface area contributed by atoms with Crippen LogP contribution in [0.3, 0.4) is 0 Å². The summed E-state index contributed by atoms with van der Waals surface area (Å²) >= 11 is 7.13. The number of ether oxygens (including phenoxy) is 1. The smallest absolute Gasteiger partial charge is 0.190 e.